The predicted molar refractivity (Wildman–Crippen MR) is 60.4 cm³/mol. The van der Waals surface area contributed by atoms with Crippen molar-refractivity contribution in [2.45, 2.75) is 50.3 Å². The average Bonchev–Trinajstić information content (AvgIpc) is 2.77. The number of ether oxygens (including phenoxy) is 4. The van der Waals surface area contributed by atoms with Gasteiger partial charge in [-0.25, -0.2) is 0 Å². The van der Waals surface area contributed by atoms with E-state index >= 15 is 0 Å². The number of terminal acetylenes is 1. The lowest BCUT2D eigenvalue weighted by molar-refractivity contribution is -0.230. The Morgan fingerprint density at radius 1 is 1.44 bits per heavy atom. The van der Waals surface area contributed by atoms with E-state index in [9.17, 15) is 5.11 Å². The highest BCUT2D eigenvalue weighted by atomic mass is 16.8. The Hall–Kier alpha value is -0.680. The molecule has 2 saturated heterocycles. The first-order valence-electron chi connectivity index (χ1n) is 5.83. The van der Waals surface area contributed by atoms with E-state index in [1.54, 1.807) is 13.8 Å². The van der Waals surface area contributed by atoms with Gasteiger partial charge in [0.2, 0.25) is 0 Å². The molecule has 6 nitrogen and oxygen atoms in total. The van der Waals surface area contributed by atoms with Gasteiger partial charge in [0.1, 0.15) is 31.0 Å². The molecular weight excluding hydrogens is 240 g/mol. The van der Waals surface area contributed by atoms with Crippen LogP contribution in [0.1, 0.15) is 13.8 Å². The van der Waals surface area contributed by atoms with Crippen molar-refractivity contribution in [3.8, 4) is 12.3 Å². The van der Waals surface area contributed by atoms with E-state index in [4.69, 9.17) is 30.5 Å². The third-order valence-electron chi connectivity index (χ3n) is 2.95. The molecular formula is C12H18O6. The fourth-order valence-electron chi connectivity index (χ4n) is 2.25. The molecule has 0 unspecified atom stereocenters. The number of hydrogen-bond donors (Lipinski definition) is 2. The van der Waals surface area contributed by atoms with Crippen molar-refractivity contribution in [2.24, 2.45) is 0 Å². The monoisotopic (exact) mass is 258 g/mol. The Balaban J connectivity index is 2.10. The number of hydrogen-bond acceptors (Lipinski definition) is 6. The third-order valence-corrected chi connectivity index (χ3v) is 2.95. The van der Waals surface area contributed by atoms with Crippen LogP contribution in [0.3, 0.4) is 0 Å². The third kappa shape index (κ3) is 2.52. The smallest absolute Gasteiger partial charge is 0.190 e. The van der Waals surface area contributed by atoms with Gasteiger partial charge in [-0.2, -0.15) is 0 Å². The number of aliphatic hydroxyl groups is 2. The van der Waals surface area contributed by atoms with E-state index in [1.807, 2.05) is 0 Å². The molecule has 0 aromatic rings. The van der Waals surface area contributed by atoms with Gasteiger partial charge < -0.3 is 29.2 Å². The molecule has 0 saturated carbocycles. The van der Waals surface area contributed by atoms with Crippen LogP contribution in [0.4, 0.5) is 0 Å². The summed E-state index contributed by atoms with van der Waals surface area (Å²) in [5, 5.41) is 18.7. The molecule has 2 rings (SSSR count). The Labute approximate surface area is 106 Å². The first kappa shape index (κ1) is 13.7. The van der Waals surface area contributed by atoms with E-state index in [0.29, 0.717) is 0 Å². The molecule has 2 N–H and O–H groups in total. The van der Waals surface area contributed by atoms with Gasteiger partial charge in [0.25, 0.3) is 0 Å². The van der Waals surface area contributed by atoms with Crippen LogP contribution in [0.5, 0.6) is 0 Å². The van der Waals surface area contributed by atoms with E-state index in [0.717, 1.165) is 0 Å². The van der Waals surface area contributed by atoms with Crippen LogP contribution in [0.25, 0.3) is 0 Å². The van der Waals surface area contributed by atoms with Crippen molar-refractivity contribution in [3.63, 3.8) is 0 Å². The maximum absolute atomic E-state index is 9.69. The first-order chi connectivity index (χ1) is 8.48. The molecule has 6 heteroatoms. The van der Waals surface area contributed by atoms with Crippen molar-refractivity contribution in [2.75, 3.05) is 13.2 Å². The van der Waals surface area contributed by atoms with Crippen molar-refractivity contribution in [1.82, 2.24) is 0 Å². The summed E-state index contributed by atoms with van der Waals surface area (Å²) >= 11 is 0. The van der Waals surface area contributed by atoms with Gasteiger partial charge in [-0.05, 0) is 13.8 Å². The van der Waals surface area contributed by atoms with Crippen molar-refractivity contribution >= 4 is 0 Å². The van der Waals surface area contributed by atoms with Crippen LogP contribution < -0.4 is 0 Å². The molecule has 2 aliphatic heterocycles. The quantitative estimate of drug-likeness (QED) is 0.645. The molecule has 18 heavy (non-hydrogen) atoms. The summed E-state index contributed by atoms with van der Waals surface area (Å²) in [5.74, 6) is 1.59. The second kappa shape index (κ2) is 5.13. The largest absolute Gasteiger partial charge is 0.394 e. The van der Waals surface area contributed by atoms with Crippen LogP contribution >= 0.6 is 0 Å². The Kier molecular flexibility index (Phi) is 3.92. The van der Waals surface area contributed by atoms with Crippen LogP contribution in [-0.4, -0.2) is 59.9 Å². The topological polar surface area (TPSA) is 77.4 Å². The normalized spacial score (nSPS) is 39.3. The van der Waals surface area contributed by atoms with Crippen LogP contribution in [-0.2, 0) is 18.9 Å². The van der Waals surface area contributed by atoms with Crippen molar-refractivity contribution in [3.05, 3.63) is 0 Å². The summed E-state index contributed by atoms with van der Waals surface area (Å²) in [6, 6.07) is 0. The average molecular weight is 258 g/mol. The zero-order chi connectivity index (χ0) is 13.3. The SMILES string of the molecule is C#CCO[C@@H]1[C@H]2OC(C)(C)O[C@H]2O[C@@H]1[C@H](O)CO. The highest BCUT2D eigenvalue weighted by Crippen LogP contribution is 2.39. The minimum Gasteiger partial charge on any atom is -0.394 e. The van der Waals surface area contributed by atoms with E-state index in [-0.39, 0.29) is 6.61 Å². The molecule has 0 spiro atoms. The maximum Gasteiger partial charge on any atom is 0.190 e. The number of aliphatic hydroxyl groups excluding tert-OH is 2. The van der Waals surface area contributed by atoms with E-state index in [2.05, 4.69) is 5.92 Å². The summed E-state index contributed by atoms with van der Waals surface area (Å²) < 4.78 is 22.2. The van der Waals surface area contributed by atoms with Crippen LogP contribution in [0, 0.1) is 12.3 Å². The van der Waals surface area contributed by atoms with Crippen LogP contribution in [0.15, 0.2) is 0 Å². The molecule has 5 atom stereocenters. The van der Waals surface area contributed by atoms with Gasteiger partial charge in [0.15, 0.2) is 12.1 Å². The maximum atomic E-state index is 9.69. The second-order valence-electron chi connectivity index (χ2n) is 4.80. The predicted octanol–water partition coefficient (Wildman–Crippen LogP) is -0.766. The number of fused-ring (bicyclic) bond motifs is 1. The van der Waals surface area contributed by atoms with Crippen LogP contribution in [0.2, 0.25) is 0 Å². The molecule has 102 valence electrons. The Morgan fingerprint density at radius 2 is 2.17 bits per heavy atom. The minimum atomic E-state index is -1.06. The van der Waals surface area contributed by atoms with Crippen molar-refractivity contribution in [1.29, 1.82) is 0 Å². The second-order valence-corrected chi connectivity index (χ2v) is 4.80. The van der Waals surface area contributed by atoms with Gasteiger partial charge >= 0.3 is 0 Å². The molecule has 0 radical (unpaired) electrons. The standard InChI is InChI=1S/C12H18O6/c1-4-5-15-9-8(7(14)6-13)16-11-10(9)17-12(2,3)18-11/h1,7-11,13-14H,5-6H2,2-3H3/t7-,8-,9+,10-,11-/m1/s1. The van der Waals surface area contributed by atoms with Gasteiger partial charge in [-0.15, -0.1) is 6.42 Å². The highest BCUT2D eigenvalue weighted by molar-refractivity contribution is 4.98. The lowest BCUT2D eigenvalue weighted by atomic mass is 10.1. The molecule has 2 heterocycles. The summed E-state index contributed by atoms with van der Waals surface area (Å²) in [5.41, 5.74) is 0. The molecule has 0 aromatic heterocycles. The van der Waals surface area contributed by atoms with Gasteiger partial charge in [-0.1, -0.05) is 5.92 Å². The Bertz CT molecular complexity index is 336. The molecule has 2 aliphatic rings. The van der Waals surface area contributed by atoms with Crippen molar-refractivity contribution < 1.29 is 29.2 Å². The summed E-state index contributed by atoms with van der Waals surface area (Å²) in [7, 11) is 0. The first-order valence-corrected chi connectivity index (χ1v) is 5.83. The zero-order valence-electron chi connectivity index (χ0n) is 10.4. The summed E-state index contributed by atoms with van der Waals surface area (Å²) in [6.07, 6.45) is 1.74. The highest BCUT2D eigenvalue weighted by Gasteiger charge is 2.56. The van der Waals surface area contributed by atoms with Gasteiger partial charge in [0.05, 0.1) is 6.61 Å². The molecule has 0 aliphatic carbocycles. The molecule has 2 fully saturated rings. The zero-order valence-corrected chi connectivity index (χ0v) is 10.4. The Morgan fingerprint density at radius 3 is 2.78 bits per heavy atom. The number of rotatable bonds is 4. The summed E-state index contributed by atoms with van der Waals surface area (Å²) in [6.45, 7) is 3.19. The molecule has 0 bridgehead atoms. The fourth-order valence-corrected chi connectivity index (χ4v) is 2.25. The lowest BCUT2D eigenvalue weighted by Crippen LogP contribution is -2.44. The summed E-state index contributed by atoms with van der Waals surface area (Å²) in [4.78, 5) is 0. The fraction of sp³-hybridized carbons (Fsp3) is 0.833. The van der Waals surface area contributed by atoms with E-state index in [1.165, 1.54) is 0 Å². The lowest BCUT2D eigenvalue weighted by Gasteiger charge is -2.27. The van der Waals surface area contributed by atoms with Gasteiger partial charge in [-0.3, -0.25) is 0 Å². The molecule has 0 aromatic carbocycles. The van der Waals surface area contributed by atoms with Gasteiger partial charge in [0, 0.05) is 0 Å². The van der Waals surface area contributed by atoms with E-state index < -0.39 is 43.1 Å². The molecule has 0 amide bonds. The minimum absolute atomic E-state index is 0.0791.